The van der Waals surface area contributed by atoms with Crippen LogP contribution >= 0.6 is 0 Å². The Labute approximate surface area is 102 Å². The predicted octanol–water partition coefficient (Wildman–Crippen LogP) is 3.90. The van der Waals surface area contributed by atoms with Gasteiger partial charge in [-0.05, 0) is 36.6 Å². The summed E-state index contributed by atoms with van der Waals surface area (Å²) in [4.78, 5) is 0. The summed E-state index contributed by atoms with van der Waals surface area (Å²) >= 11 is 0. The van der Waals surface area contributed by atoms with Gasteiger partial charge in [0, 0.05) is 18.2 Å². The maximum absolute atomic E-state index is 13.7. The van der Waals surface area contributed by atoms with Crippen molar-refractivity contribution >= 4 is 11.9 Å². The molecule has 92 valence electrons. The summed E-state index contributed by atoms with van der Waals surface area (Å²) in [7, 11) is 0. The monoisotopic (exact) mass is 234 g/mol. The molecule has 1 aromatic rings. The Morgan fingerprint density at radius 1 is 1.29 bits per heavy atom. The van der Waals surface area contributed by atoms with Crippen LogP contribution in [-0.4, -0.2) is 11.9 Å². The highest BCUT2D eigenvalue weighted by Gasteiger charge is 2.14. The van der Waals surface area contributed by atoms with Crippen molar-refractivity contribution in [3.63, 3.8) is 0 Å². The Morgan fingerprint density at radius 3 is 2.53 bits per heavy atom. The molecule has 1 aliphatic rings. The average Bonchev–Trinajstić information content (AvgIpc) is 2.84. The van der Waals surface area contributed by atoms with E-state index in [0.717, 1.165) is 22.4 Å². The molecule has 1 heterocycles. The molecule has 2 rings (SSSR count). The first-order valence-electron chi connectivity index (χ1n) is 6.10. The van der Waals surface area contributed by atoms with Crippen molar-refractivity contribution in [2.24, 2.45) is 10.2 Å². The Kier molecular flexibility index (Phi) is 5.01. The molecule has 0 N–H and O–H groups in total. The number of hydrogen-bond donors (Lipinski definition) is 0. The fourth-order valence-corrected chi connectivity index (χ4v) is 1.83. The standard InChI is InChI=1S/C12H13FN2.C2H6/c1-3-9-10(12-4-5-14-15-12)6-8(2)7-11(9)13;1-2/h5-7H,3-4H2,1-2H3;1-2H3. The average molecular weight is 234 g/mol. The van der Waals surface area contributed by atoms with Crippen LogP contribution in [0.2, 0.25) is 0 Å². The van der Waals surface area contributed by atoms with Crippen LogP contribution in [-0.2, 0) is 6.42 Å². The first kappa shape index (κ1) is 13.6. The van der Waals surface area contributed by atoms with Gasteiger partial charge in [-0.3, -0.25) is 0 Å². The first-order valence-corrected chi connectivity index (χ1v) is 6.10. The predicted molar refractivity (Wildman–Crippen MR) is 71.5 cm³/mol. The van der Waals surface area contributed by atoms with Crippen molar-refractivity contribution < 1.29 is 4.39 Å². The Bertz CT molecular complexity index is 448. The van der Waals surface area contributed by atoms with E-state index in [9.17, 15) is 4.39 Å². The smallest absolute Gasteiger partial charge is 0.127 e. The van der Waals surface area contributed by atoms with Gasteiger partial charge in [0.15, 0.2) is 0 Å². The third-order valence-electron chi connectivity index (χ3n) is 2.55. The van der Waals surface area contributed by atoms with Crippen LogP contribution in [0.4, 0.5) is 4.39 Å². The van der Waals surface area contributed by atoms with E-state index in [-0.39, 0.29) is 5.82 Å². The number of aryl methyl sites for hydroxylation is 1. The fourth-order valence-electron chi connectivity index (χ4n) is 1.83. The van der Waals surface area contributed by atoms with Gasteiger partial charge in [-0.15, -0.1) is 0 Å². The highest BCUT2D eigenvalue weighted by molar-refractivity contribution is 6.10. The topological polar surface area (TPSA) is 24.7 Å². The van der Waals surface area contributed by atoms with Crippen LogP contribution in [0.5, 0.6) is 0 Å². The minimum Gasteiger partial charge on any atom is -0.207 e. The maximum atomic E-state index is 13.7. The van der Waals surface area contributed by atoms with Crippen molar-refractivity contribution in [3.05, 3.63) is 34.6 Å². The molecule has 0 spiro atoms. The second-order valence-electron chi connectivity index (χ2n) is 3.68. The van der Waals surface area contributed by atoms with Crippen LogP contribution in [0.15, 0.2) is 22.3 Å². The van der Waals surface area contributed by atoms with Gasteiger partial charge < -0.3 is 0 Å². The summed E-state index contributed by atoms with van der Waals surface area (Å²) in [6.45, 7) is 7.84. The summed E-state index contributed by atoms with van der Waals surface area (Å²) in [5.41, 5.74) is 3.45. The molecule has 0 aromatic heterocycles. The van der Waals surface area contributed by atoms with Gasteiger partial charge in [-0.2, -0.15) is 10.2 Å². The Balaban J connectivity index is 0.000000686. The quantitative estimate of drug-likeness (QED) is 0.741. The van der Waals surface area contributed by atoms with E-state index < -0.39 is 0 Å². The molecule has 2 nitrogen and oxygen atoms in total. The van der Waals surface area contributed by atoms with E-state index in [4.69, 9.17) is 0 Å². The largest absolute Gasteiger partial charge is 0.207 e. The summed E-state index contributed by atoms with van der Waals surface area (Å²) in [5, 5.41) is 7.83. The Morgan fingerprint density at radius 2 is 2.00 bits per heavy atom. The van der Waals surface area contributed by atoms with E-state index in [2.05, 4.69) is 10.2 Å². The molecule has 0 saturated heterocycles. The zero-order chi connectivity index (χ0) is 12.8. The zero-order valence-electron chi connectivity index (χ0n) is 10.9. The van der Waals surface area contributed by atoms with Crippen LogP contribution in [0.3, 0.4) is 0 Å². The maximum Gasteiger partial charge on any atom is 0.127 e. The van der Waals surface area contributed by atoms with Gasteiger partial charge in [0.25, 0.3) is 0 Å². The van der Waals surface area contributed by atoms with E-state index >= 15 is 0 Å². The van der Waals surface area contributed by atoms with Crippen LogP contribution < -0.4 is 0 Å². The van der Waals surface area contributed by atoms with Crippen molar-refractivity contribution in [3.8, 4) is 0 Å². The third-order valence-corrected chi connectivity index (χ3v) is 2.55. The number of nitrogens with zero attached hydrogens (tertiary/aromatic N) is 2. The molecule has 17 heavy (non-hydrogen) atoms. The second kappa shape index (κ2) is 6.28. The summed E-state index contributed by atoms with van der Waals surface area (Å²) < 4.78 is 13.7. The zero-order valence-corrected chi connectivity index (χ0v) is 10.9. The molecule has 1 aliphatic heterocycles. The number of rotatable bonds is 2. The van der Waals surface area contributed by atoms with Crippen molar-refractivity contribution in [1.29, 1.82) is 0 Å². The lowest BCUT2D eigenvalue weighted by atomic mass is 9.97. The summed E-state index contributed by atoms with van der Waals surface area (Å²) in [6.07, 6.45) is 3.13. The van der Waals surface area contributed by atoms with Gasteiger partial charge in [-0.1, -0.05) is 20.8 Å². The minimum atomic E-state index is -0.137. The SMILES string of the molecule is CC.CCc1c(F)cc(C)cc1C1=NN=CC1. The van der Waals surface area contributed by atoms with E-state index in [0.29, 0.717) is 12.8 Å². The minimum absolute atomic E-state index is 0.137. The third kappa shape index (κ3) is 2.99. The number of halogens is 1. The molecule has 0 saturated carbocycles. The highest BCUT2D eigenvalue weighted by atomic mass is 19.1. The highest BCUT2D eigenvalue weighted by Crippen LogP contribution is 2.20. The van der Waals surface area contributed by atoms with Crippen LogP contribution in [0.1, 0.15) is 43.9 Å². The van der Waals surface area contributed by atoms with Gasteiger partial charge >= 0.3 is 0 Å². The van der Waals surface area contributed by atoms with E-state index in [1.54, 1.807) is 12.3 Å². The molecular formula is C14H19FN2. The normalized spacial score (nSPS) is 13.1. The summed E-state index contributed by atoms with van der Waals surface area (Å²) in [5.74, 6) is -0.137. The molecule has 0 amide bonds. The second-order valence-corrected chi connectivity index (χ2v) is 3.68. The molecule has 3 heteroatoms. The lowest BCUT2D eigenvalue weighted by Gasteiger charge is -2.09. The molecule has 0 aliphatic carbocycles. The molecule has 0 atom stereocenters. The lowest BCUT2D eigenvalue weighted by Crippen LogP contribution is -2.05. The molecule has 0 fully saturated rings. The van der Waals surface area contributed by atoms with Gasteiger partial charge in [0.05, 0.1) is 5.71 Å². The van der Waals surface area contributed by atoms with Crippen molar-refractivity contribution in [2.45, 2.75) is 40.5 Å². The molecule has 1 aromatic carbocycles. The number of benzene rings is 1. The van der Waals surface area contributed by atoms with E-state index in [1.165, 1.54) is 0 Å². The van der Waals surface area contributed by atoms with Crippen LogP contribution in [0, 0.1) is 12.7 Å². The molecule has 0 bridgehead atoms. The van der Waals surface area contributed by atoms with Crippen molar-refractivity contribution in [2.75, 3.05) is 0 Å². The fraction of sp³-hybridized carbons (Fsp3) is 0.429. The van der Waals surface area contributed by atoms with Gasteiger partial charge in [-0.25, -0.2) is 4.39 Å². The first-order chi connectivity index (χ1) is 8.22. The molecule has 0 unspecified atom stereocenters. The van der Waals surface area contributed by atoms with Gasteiger partial charge in [0.2, 0.25) is 0 Å². The van der Waals surface area contributed by atoms with Crippen LogP contribution in [0.25, 0.3) is 0 Å². The van der Waals surface area contributed by atoms with Crippen molar-refractivity contribution in [1.82, 2.24) is 0 Å². The summed E-state index contributed by atoms with van der Waals surface area (Å²) in [6, 6.07) is 3.55. The number of hydrogen-bond acceptors (Lipinski definition) is 2. The molecular weight excluding hydrogens is 215 g/mol. The van der Waals surface area contributed by atoms with Gasteiger partial charge in [0.1, 0.15) is 5.82 Å². The Hall–Kier alpha value is -1.51. The lowest BCUT2D eigenvalue weighted by molar-refractivity contribution is 0.610. The molecule has 0 radical (unpaired) electrons. The van der Waals surface area contributed by atoms with E-state index in [1.807, 2.05) is 33.8 Å².